The van der Waals surface area contributed by atoms with Crippen molar-refractivity contribution < 1.29 is 23.7 Å². The van der Waals surface area contributed by atoms with Crippen molar-refractivity contribution in [1.29, 1.82) is 0 Å². The number of anilines is 2. The Morgan fingerprint density at radius 2 is 1.26 bits per heavy atom. The van der Waals surface area contributed by atoms with Crippen molar-refractivity contribution in [3.63, 3.8) is 0 Å². The summed E-state index contributed by atoms with van der Waals surface area (Å²) in [4.78, 5) is 17.8. The van der Waals surface area contributed by atoms with Crippen molar-refractivity contribution in [1.82, 2.24) is 14.8 Å². The molecule has 198 valence electrons. The van der Waals surface area contributed by atoms with E-state index in [4.69, 9.17) is 18.9 Å². The van der Waals surface area contributed by atoms with Crippen molar-refractivity contribution >= 4 is 17.8 Å². The number of rotatable bonds is 12. The molecule has 0 aliphatic heterocycles. The fourth-order valence-electron chi connectivity index (χ4n) is 3.86. The third-order valence-corrected chi connectivity index (χ3v) is 5.84. The van der Waals surface area contributed by atoms with E-state index in [1.54, 1.807) is 28.4 Å². The number of nitrogens with zero attached hydrogens (tertiary/aromatic N) is 3. The molecule has 10 nitrogen and oxygen atoms in total. The second-order valence-electron chi connectivity index (χ2n) is 8.31. The fraction of sp³-hybridized carbons (Fsp3) is 0.250. The van der Waals surface area contributed by atoms with Crippen LogP contribution in [0.25, 0.3) is 0 Å². The van der Waals surface area contributed by atoms with Crippen LogP contribution in [0.5, 0.6) is 23.0 Å². The molecule has 0 amide bonds. The molecule has 38 heavy (non-hydrogen) atoms. The van der Waals surface area contributed by atoms with E-state index in [2.05, 4.69) is 20.7 Å². The standard InChI is InChI=1S/C28H31N5O5/c1-35-22-12-10-20(14-24(22)37-3)17-29-27-31-28(30-18-21-11-13-23(36-2)25(15-21)38-4)33(32-27)26(34)16-19-8-6-5-7-9-19/h5-15H,16-18H2,1-4H3,(H2,29,30,31,32). The predicted molar refractivity (Wildman–Crippen MR) is 145 cm³/mol. The summed E-state index contributed by atoms with van der Waals surface area (Å²) in [5.74, 6) is 2.96. The molecular formula is C28H31N5O5. The van der Waals surface area contributed by atoms with Crippen LogP contribution in [0.3, 0.4) is 0 Å². The lowest BCUT2D eigenvalue weighted by molar-refractivity contribution is 0.0901. The first-order valence-electron chi connectivity index (χ1n) is 12.0. The summed E-state index contributed by atoms with van der Waals surface area (Å²) < 4.78 is 22.7. The van der Waals surface area contributed by atoms with E-state index < -0.39 is 0 Å². The summed E-state index contributed by atoms with van der Waals surface area (Å²) in [6, 6.07) is 20.8. The van der Waals surface area contributed by atoms with E-state index in [9.17, 15) is 4.79 Å². The highest BCUT2D eigenvalue weighted by molar-refractivity contribution is 5.83. The molecule has 0 fully saturated rings. The van der Waals surface area contributed by atoms with Crippen LogP contribution in [-0.4, -0.2) is 49.1 Å². The van der Waals surface area contributed by atoms with Crippen LogP contribution < -0.4 is 29.6 Å². The lowest BCUT2D eigenvalue weighted by atomic mass is 10.1. The van der Waals surface area contributed by atoms with E-state index in [0.29, 0.717) is 48.0 Å². The average Bonchev–Trinajstić information content (AvgIpc) is 3.38. The SMILES string of the molecule is COc1ccc(CNc2nc(NCc3ccc(OC)c(OC)c3)n(C(=O)Cc3ccccc3)n2)cc1OC. The number of nitrogens with one attached hydrogen (secondary N) is 2. The lowest BCUT2D eigenvalue weighted by Crippen LogP contribution is -2.18. The van der Waals surface area contributed by atoms with Crippen LogP contribution in [0.2, 0.25) is 0 Å². The lowest BCUT2D eigenvalue weighted by Gasteiger charge is -2.11. The van der Waals surface area contributed by atoms with Crippen molar-refractivity contribution in [3.8, 4) is 23.0 Å². The smallest absolute Gasteiger partial charge is 0.254 e. The van der Waals surface area contributed by atoms with Gasteiger partial charge >= 0.3 is 0 Å². The quantitative estimate of drug-likeness (QED) is 0.282. The maximum Gasteiger partial charge on any atom is 0.254 e. The first-order valence-corrected chi connectivity index (χ1v) is 12.0. The number of carbonyl (C=O) groups excluding carboxylic acids is 1. The minimum atomic E-state index is -0.210. The number of ether oxygens (including phenoxy) is 4. The molecule has 10 heteroatoms. The third kappa shape index (κ3) is 6.33. The highest BCUT2D eigenvalue weighted by atomic mass is 16.5. The van der Waals surface area contributed by atoms with Crippen LogP contribution in [0.1, 0.15) is 21.5 Å². The van der Waals surface area contributed by atoms with Crippen molar-refractivity contribution in [2.75, 3.05) is 39.1 Å². The molecule has 1 heterocycles. The number of methoxy groups -OCH3 is 4. The molecule has 0 unspecified atom stereocenters. The number of carbonyl (C=O) groups is 1. The van der Waals surface area contributed by atoms with E-state index >= 15 is 0 Å². The van der Waals surface area contributed by atoms with E-state index in [1.165, 1.54) is 4.68 Å². The van der Waals surface area contributed by atoms with Gasteiger partial charge in [0.1, 0.15) is 0 Å². The molecule has 3 aromatic carbocycles. The maximum atomic E-state index is 13.2. The van der Waals surface area contributed by atoms with Crippen LogP contribution >= 0.6 is 0 Å². The Labute approximate surface area is 221 Å². The van der Waals surface area contributed by atoms with Gasteiger partial charge in [0.2, 0.25) is 11.9 Å². The van der Waals surface area contributed by atoms with Gasteiger partial charge < -0.3 is 29.6 Å². The van der Waals surface area contributed by atoms with Gasteiger partial charge in [-0.3, -0.25) is 4.79 Å². The van der Waals surface area contributed by atoms with Crippen LogP contribution in [0.4, 0.5) is 11.9 Å². The summed E-state index contributed by atoms with van der Waals surface area (Å²) in [5.41, 5.74) is 2.75. The highest BCUT2D eigenvalue weighted by Crippen LogP contribution is 2.29. The molecule has 2 N–H and O–H groups in total. The van der Waals surface area contributed by atoms with Gasteiger partial charge in [-0.1, -0.05) is 42.5 Å². The first kappa shape index (κ1) is 26.3. The molecule has 1 aromatic heterocycles. The van der Waals surface area contributed by atoms with Crippen molar-refractivity contribution in [3.05, 3.63) is 83.4 Å². The molecule has 4 aromatic rings. The molecule has 0 saturated heterocycles. The summed E-state index contributed by atoms with van der Waals surface area (Å²) in [5, 5.41) is 10.9. The van der Waals surface area contributed by atoms with Gasteiger partial charge in [0, 0.05) is 13.1 Å². The Kier molecular flexibility index (Phi) is 8.65. The zero-order valence-electron chi connectivity index (χ0n) is 21.9. The molecule has 0 spiro atoms. The summed E-state index contributed by atoms with van der Waals surface area (Å²) >= 11 is 0. The van der Waals surface area contributed by atoms with Crippen molar-refractivity contribution in [2.45, 2.75) is 19.5 Å². The fourth-order valence-corrected chi connectivity index (χ4v) is 3.86. The minimum absolute atomic E-state index is 0.185. The third-order valence-electron chi connectivity index (χ3n) is 5.84. The molecule has 0 radical (unpaired) electrons. The van der Waals surface area contributed by atoms with Crippen LogP contribution in [0, 0.1) is 0 Å². The molecule has 0 aliphatic rings. The molecule has 0 saturated carbocycles. The van der Waals surface area contributed by atoms with Crippen molar-refractivity contribution in [2.24, 2.45) is 0 Å². The predicted octanol–water partition coefficient (Wildman–Crippen LogP) is 4.42. The number of benzene rings is 3. The Morgan fingerprint density at radius 3 is 1.82 bits per heavy atom. The molecule has 0 atom stereocenters. The Balaban J connectivity index is 1.54. The largest absolute Gasteiger partial charge is 0.493 e. The number of hydrogen-bond acceptors (Lipinski definition) is 9. The topological polar surface area (TPSA) is 109 Å². The van der Waals surface area contributed by atoms with E-state index in [1.807, 2.05) is 66.7 Å². The van der Waals surface area contributed by atoms with Gasteiger partial charge in [-0.15, -0.1) is 5.10 Å². The second kappa shape index (κ2) is 12.5. The van der Waals surface area contributed by atoms with Crippen LogP contribution in [0.15, 0.2) is 66.7 Å². The zero-order valence-corrected chi connectivity index (χ0v) is 21.9. The molecule has 0 bridgehead atoms. The summed E-state index contributed by atoms with van der Waals surface area (Å²) in [7, 11) is 6.36. The summed E-state index contributed by atoms with van der Waals surface area (Å²) in [6.07, 6.45) is 0.185. The number of hydrogen-bond donors (Lipinski definition) is 2. The summed E-state index contributed by atoms with van der Waals surface area (Å²) in [6.45, 7) is 0.819. The van der Waals surface area contributed by atoms with Crippen LogP contribution in [-0.2, 0) is 19.5 Å². The Morgan fingerprint density at radius 1 is 0.711 bits per heavy atom. The minimum Gasteiger partial charge on any atom is -0.493 e. The van der Waals surface area contributed by atoms with Gasteiger partial charge in [-0.05, 0) is 41.0 Å². The molecule has 0 aliphatic carbocycles. The maximum absolute atomic E-state index is 13.2. The molecular weight excluding hydrogens is 486 g/mol. The van der Waals surface area contributed by atoms with Gasteiger partial charge in [0.05, 0.1) is 34.9 Å². The van der Waals surface area contributed by atoms with Gasteiger partial charge in [0.25, 0.3) is 5.91 Å². The zero-order chi connectivity index (χ0) is 26.9. The molecule has 4 rings (SSSR count). The highest BCUT2D eigenvalue weighted by Gasteiger charge is 2.17. The van der Waals surface area contributed by atoms with E-state index in [-0.39, 0.29) is 12.3 Å². The van der Waals surface area contributed by atoms with Gasteiger partial charge in [-0.2, -0.15) is 9.67 Å². The van der Waals surface area contributed by atoms with Gasteiger partial charge in [-0.25, -0.2) is 0 Å². The Bertz CT molecular complexity index is 1370. The monoisotopic (exact) mass is 517 g/mol. The number of aromatic nitrogens is 3. The van der Waals surface area contributed by atoms with E-state index in [0.717, 1.165) is 16.7 Å². The Hall–Kier alpha value is -4.73. The normalized spacial score (nSPS) is 10.5. The second-order valence-corrected chi connectivity index (χ2v) is 8.31. The first-order chi connectivity index (χ1) is 18.5. The average molecular weight is 518 g/mol. The van der Waals surface area contributed by atoms with Gasteiger partial charge in [0.15, 0.2) is 23.0 Å².